The number of hydrogen-bond acceptors (Lipinski definition) is 7. The van der Waals surface area contributed by atoms with Crippen LogP contribution in [0.3, 0.4) is 0 Å². The van der Waals surface area contributed by atoms with Crippen LogP contribution in [0.5, 0.6) is 5.75 Å². The van der Waals surface area contributed by atoms with Gasteiger partial charge in [0.2, 0.25) is 0 Å². The van der Waals surface area contributed by atoms with Gasteiger partial charge in [-0.15, -0.1) is 0 Å². The highest BCUT2D eigenvalue weighted by molar-refractivity contribution is 6.06. The van der Waals surface area contributed by atoms with Crippen molar-refractivity contribution in [1.82, 2.24) is 25.1 Å². The number of carbonyl (C=O) groups excluding carboxylic acids is 3. The molecular formula is C28H38N6O5. The molecule has 1 fully saturated rings. The number of nitrogens with one attached hydrogen (secondary N) is 2. The van der Waals surface area contributed by atoms with Crippen molar-refractivity contribution >= 4 is 23.5 Å². The number of anilines is 1. The number of amides is 4. The Morgan fingerprint density at radius 1 is 1.23 bits per heavy atom. The van der Waals surface area contributed by atoms with Crippen LogP contribution < -0.4 is 15.4 Å². The normalized spacial score (nSPS) is 20.6. The SMILES string of the molecule is C[C@H]1CN([C@@H](C)CO)C(=O)c2cccc(NC(=O)c3cnccn3)c2O[C@H]1CN(C)C(=O)NC1CCCCC1. The molecule has 39 heavy (non-hydrogen) atoms. The summed E-state index contributed by atoms with van der Waals surface area (Å²) in [6.45, 7) is 4.13. The fourth-order valence-electron chi connectivity index (χ4n) is 5.05. The summed E-state index contributed by atoms with van der Waals surface area (Å²) in [6.07, 6.45) is 9.14. The van der Waals surface area contributed by atoms with E-state index in [9.17, 15) is 19.5 Å². The van der Waals surface area contributed by atoms with Crippen LogP contribution in [-0.2, 0) is 0 Å². The Labute approximate surface area is 228 Å². The molecule has 210 valence electrons. The lowest BCUT2D eigenvalue weighted by Gasteiger charge is -2.38. The first-order chi connectivity index (χ1) is 18.8. The van der Waals surface area contributed by atoms with E-state index in [1.807, 2.05) is 6.92 Å². The van der Waals surface area contributed by atoms with Crippen molar-refractivity contribution in [3.8, 4) is 5.75 Å². The van der Waals surface area contributed by atoms with Crippen LogP contribution in [-0.4, -0.2) is 87.7 Å². The maximum Gasteiger partial charge on any atom is 0.317 e. The molecule has 11 heteroatoms. The summed E-state index contributed by atoms with van der Waals surface area (Å²) in [4.78, 5) is 50.8. The highest BCUT2D eigenvalue weighted by Crippen LogP contribution is 2.35. The Balaban J connectivity index is 1.62. The van der Waals surface area contributed by atoms with Crippen LogP contribution in [0.1, 0.15) is 66.8 Å². The highest BCUT2D eigenvalue weighted by atomic mass is 16.5. The average molecular weight is 539 g/mol. The Morgan fingerprint density at radius 2 is 2.00 bits per heavy atom. The van der Waals surface area contributed by atoms with Crippen LogP contribution in [0.4, 0.5) is 10.5 Å². The molecule has 0 unspecified atom stereocenters. The van der Waals surface area contributed by atoms with E-state index in [4.69, 9.17) is 4.74 Å². The van der Waals surface area contributed by atoms with Crippen molar-refractivity contribution in [2.45, 2.75) is 64.1 Å². The molecule has 2 heterocycles. The minimum absolute atomic E-state index is 0.117. The second kappa shape index (κ2) is 12.9. The number of rotatable bonds is 7. The minimum atomic E-state index is -0.498. The van der Waals surface area contributed by atoms with Crippen LogP contribution in [0, 0.1) is 5.92 Å². The highest BCUT2D eigenvalue weighted by Gasteiger charge is 2.35. The van der Waals surface area contributed by atoms with Gasteiger partial charge in [0.25, 0.3) is 11.8 Å². The second-order valence-corrected chi connectivity index (χ2v) is 10.5. The third-order valence-electron chi connectivity index (χ3n) is 7.47. The molecule has 0 saturated heterocycles. The number of benzene rings is 1. The molecule has 11 nitrogen and oxygen atoms in total. The van der Waals surface area contributed by atoms with Crippen molar-refractivity contribution in [2.75, 3.05) is 32.1 Å². The summed E-state index contributed by atoms with van der Waals surface area (Å²) in [5.74, 6) is -0.781. The molecule has 1 aromatic carbocycles. The fourth-order valence-corrected chi connectivity index (χ4v) is 5.05. The zero-order valence-electron chi connectivity index (χ0n) is 22.8. The first kappa shape index (κ1) is 28.3. The number of ether oxygens (including phenoxy) is 1. The van der Waals surface area contributed by atoms with E-state index in [1.165, 1.54) is 25.0 Å². The standard InChI is InChI=1S/C28H38N6O5/c1-18-15-34(19(2)17-35)27(37)21-10-7-11-22(32-26(36)23-14-29-12-13-30-23)25(21)39-24(18)16-33(3)28(38)31-20-8-5-4-6-9-20/h7,10-14,18-20,24,35H,4-6,8-9,15-17H2,1-3H3,(H,31,38)(H,32,36)/t18-,19-,24-/m0/s1. The average Bonchev–Trinajstić information content (AvgIpc) is 2.95. The molecule has 1 aromatic heterocycles. The number of carbonyl (C=O) groups is 3. The monoisotopic (exact) mass is 538 g/mol. The van der Waals surface area contributed by atoms with E-state index in [-0.39, 0.29) is 54.1 Å². The van der Waals surface area contributed by atoms with Crippen LogP contribution in [0.2, 0.25) is 0 Å². The molecule has 3 atom stereocenters. The molecule has 1 aliphatic heterocycles. The van der Waals surface area contributed by atoms with Crippen LogP contribution in [0.15, 0.2) is 36.8 Å². The van der Waals surface area contributed by atoms with Gasteiger partial charge in [-0.05, 0) is 31.9 Å². The quantitative estimate of drug-likeness (QED) is 0.493. The summed E-state index contributed by atoms with van der Waals surface area (Å²) in [6, 6.07) is 4.53. The number of aliphatic hydroxyl groups excluding tert-OH is 1. The van der Waals surface area contributed by atoms with Gasteiger partial charge in [-0.2, -0.15) is 0 Å². The number of hydrogen-bond donors (Lipinski definition) is 3. The number of urea groups is 1. The van der Waals surface area contributed by atoms with E-state index in [0.717, 1.165) is 25.7 Å². The van der Waals surface area contributed by atoms with Crippen molar-refractivity contribution in [2.24, 2.45) is 5.92 Å². The predicted molar refractivity (Wildman–Crippen MR) is 146 cm³/mol. The maximum atomic E-state index is 13.6. The molecule has 1 aliphatic carbocycles. The lowest BCUT2D eigenvalue weighted by Crippen LogP contribution is -2.52. The number of aromatic nitrogens is 2. The topological polar surface area (TPSA) is 137 Å². The van der Waals surface area contributed by atoms with Gasteiger partial charge in [-0.3, -0.25) is 14.6 Å². The molecular weight excluding hydrogens is 500 g/mol. The number of nitrogens with zero attached hydrogens (tertiary/aromatic N) is 4. The van der Waals surface area contributed by atoms with Crippen molar-refractivity contribution in [1.29, 1.82) is 0 Å². The molecule has 1 saturated carbocycles. The molecule has 3 N–H and O–H groups in total. The first-order valence-electron chi connectivity index (χ1n) is 13.6. The number of para-hydroxylation sites is 1. The maximum absolute atomic E-state index is 13.6. The van der Waals surface area contributed by atoms with Gasteiger partial charge in [-0.25, -0.2) is 9.78 Å². The summed E-state index contributed by atoms with van der Waals surface area (Å²) >= 11 is 0. The Hall–Kier alpha value is -3.73. The number of aliphatic hydroxyl groups is 1. The van der Waals surface area contributed by atoms with Gasteiger partial charge in [0.1, 0.15) is 11.8 Å². The van der Waals surface area contributed by atoms with E-state index in [2.05, 4.69) is 20.6 Å². The summed E-state index contributed by atoms with van der Waals surface area (Å²) in [5.41, 5.74) is 0.687. The Bertz CT molecular complexity index is 1160. The lowest BCUT2D eigenvalue weighted by atomic mass is 9.96. The zero-order chi connectivity index (χ0) is 27.9. The van der Waals surface area contributed by atoms with Gasteiger partial charge in [0, 0.05) is 37.9 Å². The molecule has 0 radical (unpaired) electrons. The molecule has 0 spiro atoms. The first-order valence-corrected chi connectivity index (χ1v) is 13.6. The Kier molecular flexibility index (Phi) is 9.34. The molecule has 2 aromatic rings. The molecule has 2 aliphatic rings. The third kappa shape index (κ3) is 6.83. The van der Waals surface area contributed by atoms with Crippen LogP contribution >= 0.6 is 0 Å². The third-order valence-corrected chi connectivity index (χ3v) is 7.47. The van der Waals surface area contributed by atoms with Gasteiger partial charge in [-0.1, -0.05) is 32.3 Å². The fraction of sp³-hybridized carbons (Fsp3) is 0.536. The predicted octanol–water partition coefficient (Wildman–Crippen LogP) is 2.92. The largest absolute Gasteiger partial charge is 0.485 e. The summed E-state index contributed by atoms with van der Waals surface area (Å²) in [5, 5.41) is 15.8. The van der Waals surface area contributed by atoms with Gasteiger partial charge >= 0.3 is 6.03 Å². The van der Waals surface area contributed by atoms with Crippen molar-refractivity contribution in [3.63, 3.8) is 0 Å². The summed E-state index contributed by atoms with van der Waals surface area (Å²) in [7, 11) is 1.73. The molecule has 4 rings (SSSR count). The van der Waals surface area contributed by atoms with Crippen molar-refractivity contribution < 1.29 is 24.2 Å². The van der Waals surface area contributed by atoms with Crippen molar-refractivity contribution in [3.05, 3.63) is 48.0 Å². The molecule has 0 bridgehead atoms. The zero-order valence-corrected chi connectivity index (χ0v) is 22.8. The smallest absolute Gasteiger partial charge is 0.317 e. The number of likely N-dealkylation sites (N-methyl/N-ethyl adjacent to an activating group) is 1. The summed E-state index contributed by atoms with van der Waals surface area (Å²) < 4.78 is 6.48. The van der Waals surface area contributed by atoms with E-state index < -0.39 is 18.1 Å². The van der Waals surface area contributed by atoms with Gasteiger partial charge in [0.05, 0.1) is 36.6 Å². The van der Waals surface area contributed by atoms with Gasteiger partial charge < -0.3 is 30.3 Å². The second-order valence-electron chi connectivity index (χ2n) is 10.5. The minimum Gasteiger partial charge on any atom is -0.485 e. The molecule has 4 amide bonds. The van der Waals surface area contributed by atoms with Gasteiger partial charge in [0.15, 0.2) is 5.75 Å². The van der Waals surface area contributed by atoms with E-state index in [1.54, 1.807) is 42.0 Å². The Morgan fingerprint density at radius 3 is 2.69 bits per heavy atom. The lowest BCUT2D eigenvalue weighted by molar-refractivity contribution is 0.0367. The van der Waals surface area contributed by atoms with E-state index >= 15 is 0 Å². The van der Waals surface area contributed by atoms with Crippen LogP contribution in [0.25, 0.3) is 0 Å². The van der Waals surface area contributed by atoms with E-state index in [0.29, 0.717) is 12.2 Å². The number of fused-ring (bicyclic) bond motifs is 1.